The van der Waals surface area contributed by atoms with E-state index >= 15 is 0 Å². The number of benzene rings is 2. The maximum Gasteiger partial charge on any atom is 0.185 e. The molecular weight excluding hydrogens is 430 g/mol. The Morgan fingerprint density at radius 1 is 1.00 bits per heavy atom. The molecule has 0 aliphatic carbocycles. The molecule has 34 heavy (non-hydrogen) atoms. The van der Waals surface area contributed by atoms with E-state index < -0.39 is 0 Å². The fourth-order valence-corrected chi connectivity index (χ4v) is 4.38. The Bertz CT molecular complexity index is 1200. The number of rotatable bonds is 9. The highest BCUT2D eigenvalue weighted by Crippen LogP contribution is 2.44. The van der Waals surface area contributed by atoms with Crippen molar-refractivity contribution in [3.8, 4) is 34.3 Å². The normalized spacial score (nSPS) is 14.5. The molecule has 1 aliphatic heterocycles. The first-order valence-corrected chi connectivity index (χ1v) is 11.7. The van der Waals surface area contributed by atoms with E-state index in [2.05, 4.69) is 24.5 Å². The Labute approximate surface area is 201 Å². The molecule has 6 heteroatoms. The Balaban J connectivity index is 1.79. The molecule has 0 spiro atoms. The van der Waals surface area contributed by atoms with Gasteiger partial charge in [0, 0.05) is 49.6 Å². The van der Waals surface area contributed by atoms with Crippen LogP contribution in [0.4, 0.5) is 0 Å². The number of hydrogen-bond acceptors (Lipinski definition) is 5. The molecule has 2 aromatic carbocycles. The molecule has 0 radical (unpaired) electrons. The Morgan fingerprint density at radius 2 is 1.74 bits per heavy atom. The van der Waals surface area contributed by atoms with Crippen LogP contribution in [0.1, 0.15) is 37.4 Å². The Morgan fingerprint density at radius 3 is 2.41 bits per heavy atom. The second kappa shape index (κ2) is 10.3. The van der Waals surface area contributed by atoms with Gasteiger partial charge in [0.05, 0.1) is 19.4 Å². The maximum absolute atomic E-state index is 12.6. The zero-order valence-electron chi connectivity index (χ0n) is 20.6. The minimum absolute atomic E-state index is 0.0409. The lowest BCUT2D eigenvalue weighted by Gasteiger charge is -2.34. The number of fused-ring (bicyclic) bond motifs is 3. The number of ether oxygens (including phenoxy) is 4. The van der Waals surface area contributed by atoms with Crippen molar-refractivity contribution in [3.63, 3.8) is 0 Å². The average molecular weight is 464 g/mol. The maximum atomic E-state index is 12.6. The number of aromatic nitrogens is 1. The zero-order chi connectivity index (χ0) is 24.2. The van der Waals surface area contributed by atoms with Crippen LogP contribution >= 0.6 is 0 Å². The van der Waals surface area contributed by atoms with Crippen LogP contribution in [0.15, 0.2) is 53.5 Å². The lowest BCUT2D eigenvalue weighted by molar-refractivity contribution is 0.171. The summed E-state index contributed by atoms with van der Waals surface area (Å²) in [5, 5.41) is 0. The summed E-state index contributed by atoms with van der Waals surface area (Å²) in [5.41, 5.74) is 3.87. The molecule has 1 aromatic heterocycles. The first kappa shape index (κ1) is 23.9. The highest BCUT2D eigenvalue weighted by atomic mass is 16.5. The van der Waals surface area contributed by atoms with E-state index in [4.69, 9.17) is 18.9 Å². The van der Waals surface area contributed by atoms with Gasteiger partial charge in [-0.3, -0.25) is 4.79 Å². The van der Waals surface area contributed by atoms with Gasteiger partial charge in [0.2, 0.25) is 0 Å². The van der Waals surface area contributed by atoms with Crippen LogP contribution in [-0.2, 0) is 11.2 Å². The van der Waals surface area contributed by atoms with E-state index in [0.29, 0.717) is 36.4 Å². The monoisotopic (exact) mass is 463 g/mol. The minimum atomic E-state index is 0.0409. The van der Waals surface area contributed by atoms with Crippen LogP contribution in [0, 0.1) is 12.8 Å². The summed E-state index contributed by atoms with van der Waals surface area (Å²) in [7, 11) is 3.32. The molecule has 1 aliphatic rings. The molecule has 1 atom stereocenters. The van der Waals surface area contributed by atoms with Crippen LogP contribution in [0.5, 0.6) is 23.0 Å². The second-order valence-electron chi connectivity index (χ2n) is 9.06. The van der Waals surface area contributed by atoms with E-state index in [-0.39, 0.29) is 11.5 Å². The third kappa shape index (κ3) is 4.97. The van der Waals surface area contributed by atoms with Crippen LogP contribution in [0.2, 0.25) is 0 Å². The predicted octanol–water partition coefficient (Wildman–Crippen LogP) is 5.79. The van der Waals surface area contributed by atoms with E-state index in [1.54, 1.807) is 20.3 Å². The molecule has 2 heterocycles. The summed E-state index contributed by atoms with van der Waals surface area (Å²) < 4.78 is 25.1. The van der Waals surface area contributed by atoms with Crippen molar-refractivity contribution < 1.29 is 18.9 Å². The van der Waals surface area contributed by atoms with Gasteiger partial charge in [-0.05, 0) is 61.2 Å². The van der Waals surface area contributed by atoms with Gasteiger partial charge in [0.15, 0.2) is 16.9 Å². The molecule has 180 valence electrons. The Hall–Kier alpha value is -3.25. The summed E-state index contributed by atoms with van der Waals surface area (Å²) in [4.78, 5) is 12.6. The molecule has 0 amide bonds. The van der Waals surface area contributed by atoms with E-state index in [1.807, 2.05) is 43.5 Å². The first-order valence-electron chi connectivity index (χ1n) is 11.7. The standard InChI is InChI=1S/C28H33NO5/c1-18(2)24-13-20-14-27(33-12-6-11-31-4)28(34-22-9-7-21(32-5)8-10-22)15-23(20)25-16-26(30)19(3)17-29(24)25/h7-10,14-18,24H,6,11-13H2,1-5H3. The van der Waals surface area contributed by atoms with Crippen molar-refractivity contribution in [1.82, 2.24) is 4.57 Å². The molecule has 1 unspecified atom stereocenters. The van der Waals surface area contributed by atoms with E-state index in [1.165, 1.54) is 0 Å². The molecule has 0 N–H and O–H groups in total. The van der Waals surface area contributed by atoms with Crippen LogP contribution in [0.3, 0.4) is 0 Å². The van der Waals surface area contributed by atoms with Gasteiger partial charge in [-0.1, -0.05) is 13.8 Å². The first-order chi connectivity index (χ1) is 16.4. The number of hydrogen-bond donors (Lipinski definition) is 0. The van der Waals surface area contributed by atoms with Gasteiger partial charge < -0.3 is 23.5 Å². The lowest BCUT2D eigenvalue weighted by atomic mass is 9.87. The second-order valence-corrected chi connectivity index (χ2v) is 9.06. The van der Waals surface area contributed by atoms with Crippen LogP contribution in [-0.4, -0.2) is 32.0 Å². The topological polar surface area (TPSA) is 58.9 Å². The number of nitrogens with zero attached hydrogens (tertiary/aromatic N) is 1. The van der Waals surface area contributed by atoms with Crippen molar-refractivity contribution in [2.75, 3.05) is 27.4 Å². The fraction of sp³-hybridized carbons (Fsp3) is 0.393. The smallest absolute Gasteiger partial charge is 0.185 e. The molecular formula is C28H33NO5. The van der Waals surface area contributed by atoms with Gasteiger partial charge in [-0.25, -0.2) is 0 Å². The zero-order valence-corrected chi connectivity index (χ0v) is 20.6. The van der Waals surface area contributed by atoms with Gasteiger partial charge in [-0.15, -0.1) is 0 Å². The van der Waals surface area contributed by atoms with Crippen molar-refractivity contribution in [3.05, 3.63) is 70.0 Å². The number of pyridine rings is 1. The minimum Gasteiger partial charge on any atom is -0.497 e. The third-order valence-electron chi connectivity index (χ3n) is 6.31. The summed E-state index contributed by atoms with van der Waals surface area (Å²) in [6.45, 7) is 7.46. The van der Waals surface area contributed by atoms with E-state index in [0.717, 1.165) is 41.0 Å². The molecule has 0 bridgehead atoms. The number of methoxy groups -OCH3 is 2. The average Bonchev–Trinajstić information content (AvgIpc) is 2.83. The summed E-state index contributed by atoms with van der Waals surface area (Å²) in [5.74, 6) is 3.16. The summed E-state index contributed by atoms with van der Waals surface area (Å²) in [6, 6.07) is 13.5. The molecule has 3 aromatic rings. The molecule has 0 saturated heterocycles. The predicted molar refractivity (Wildman–Crippen MR) is 134 cm³/mol. The van der Waals surface area contributed by atoms with Crippen molar-refractivity contribution in [1.29, 1.82) is 0 Å². The Kier molecular flexibility index (Phi) is 7.27. The largest absolute Gasteiger partial charge is 0.497 e. The summed E-state index contributed by atoms with van der Waals surface area (Å²) in [6.07, 6.45) is 3.63. The summed E-state index contributed by atoms with van der Waals surface area (Å²) >= 11 is 0. The molecule has 0 fully saturated rings. The highest BCUT2D eigenvalue weighted by Gasteiger charge is 2.28. The van der Waals surface area contributed by atoms with Gasteiger partial charge in [0.1, 0.15) is 11.5 Å². The van der Waals surface area contributed by atoms with Crippen LogP contribution < -0.4 is 19.6 Å². The molecule has 0 saturated carbocycles. The molecule has 6 nitrogen and oxygen atoms in total. The van der Waals surface area contributed by atoms with E-state index in [9.17, 15) is 4.79 Å². The van der Waals surface area contributed by atoms with Gasteiger partial charge in [-0.2, -0.15) is 0 Å². The van der Waals surface area contributed by atoms with Crippen LogP contribution in [0.25, 0.3) is 11.3 Å². The highest BCUT2D eigenvalue weighted by molar-refractivity contribution is 5.71. The quantitative estimate of drug-likeness (QED) is 0.376. The third-order valence-corrected chi connectivity index (χ3v) is 6.31. The van der Waals surface area contributed by atoms with Gasteiger partial charge >= 0.3 is 0 Å². The van der Waals surface area contributed by atoms with Crippen molar-refractivity contribution in [2.24, 2.45) is 5.92 Å². The van der Waals surface area contributed by atoms with Crippen molar-refractivity contribution >= 4 is 0 Å². The van der Waals surface area contributed by atoms with Crippen molar-refractivity contribution in [2.45, 2.75) is 39.7 Å². The SMILES string of the molecule is COCCCOc1cc2c(cc1Oc1ccc(OC)cc1)-c1cc(=O)c(C)cn1C(C(C)C)C2. The molecule has 4 rings (SSSR count). The number of aryl methyl sites for hydroxylation is 1. The van der Waals surface area contributed by atoms with Gasteiger partial charge in [0.25, 0.3) is 0 Å². The lowest BCUT2D eigenvalue weighted by Crippen LogP contribution is -2.26. The fourth-order valence-electron chi connectivity index (χ4n) is 4.38.